The third-order valence-corrected chi connectivity index (χ3v) is 5.60. The molecule has 5 N–H and O–H groups in total. The second-order valence-electron chi connectivity index (χ2n) is 8.05. The number of hydrogen-bond acceptors (Lipinski definition) is 5. The van der Waals surface area contributed by atoms with Crippen LogP contribution in [0.3, 0.4) is 0 Å². The Kier molecular flexibility index (Phi) is 7.67. The van der Waals surface area contributed by atoms with Crippen molar-refractivity contribution >= 4 is 17.6 Å². The number of amides is 2. The molecule has 2 atom stereocenters. The van der Waals surface area contributed by atoms with Crippen LogP contribution < -0.4 is 16.8 Å². The van der Waals surface area contributed by atoms with Crippen molar-refractivity contribution in [2.45, 2.75) is 32.4 Å². The third kappa shape index (κ3) is 5.16. The number of likely N-dealkylation sites (N-methyl/N-ethyl adjacent to an activating group) is 1. The molecule has 0 radical (unpaired) electrons. The van der Waals surface area contributed by atoms with Gasteiger partial charge < -0.3 is 16.8 Å². The van der Waals surface area contributed by atoms with Gasteiger partial charge in [-0.1, -0.05) is 26.0 Å². The van der Waals surface area contributed by atoms with Gasteiger partial charge in [0.05, 0.1) is 5.92 Å². The summed E-state index contributed by atoms with van der Waals surface area (Å²) < 4.78 is 27.2. The summed E-state index contributed by atoms with van der Waals surface area (Å²) >= 11 is 0. The predicted molar refractivity (Wildman–Crippen MR) is 114 cm³/mol. The van der Waals surface area contributed by atoms with Crippen molar-refractivity contribution in [2.24, 2.45) is 17.6 Å². The average Bonchev–Trinajstić information content (AvgIpc) is 2.69. The minimum Gasteiger partial charge on any atom is -0.384 e. The number of carbonyl (C=O) groups is 2. The molecular formula is C22H29F2N5O2. The Morgan fingerprint density at radius 3 is 2.26 bits per heavy atom. The number of nitrogens with zero attached hydrogens (tertiary/aromatic N) is 2. The lowest BCUT2D eigenvalue weighted by atomic mass is 9.70. The lowest BCUT2D eigenvalue weighted by Gasteiger charge is -2.45. The van der Waals surface area contributed by atoms with Gasteiger partial charge in [-0.25, -0.2) is 13.8 Å². The summed E-state index contributed by atoms with van der Waals surface area (Å²) in [5, 5.41) is 2.81. The number of rotatable bonds is 9. The Morgan fingerprint density at radius 2 is 1.77 bits per heavy atom. The number of primary amides is 1. The van der Waals surface area contributed by atoms with Gasteiger partial charge in [0.25, 0.3) is 0 Å². The molecule has 7 nitrogen and oxygen atoms in total. The van der Waals surface area contributed by atoms with Crippen molar-refractivity contribution in [3.63, 3.8) is 0 Å². The van der Waals surface area contributed by atoms with E-state index in [0.29, 0.717) is 16.9 Å². The third-order valence-electron chi connectivity index (χ3n) is 5.60. The van der Waals surface area contributed by atoms with Crippen LogP contribution in [-0.4, -0.2) is 41.3 Å². The van der Waals surface area contributed by atoms with Crippen molar-refractivity contribution in [3.05, 3.63) is 59.3 Å². The Balaban J connectivity index is 2.44. The molecule has 1 unspecified atom stereocenters. The second kappa shape index (κ2) is 9.82. The van der Waals surface area contributed by atoms with E-state index in [-0.39, 0.29) is 18.9 Å². The molecule has 0 aliphatic heterocycles. The number of anilines is 1. The van der Waals surface area contributed by atoms with Crippen LogP contribution in [-0.2, 0) is 22.6 Å². The maximum Gasteiger partial charge on any atom is 0.239 e. The fourth-order valence-electron chi connectivity index (χ4n) is 4.11. The summed E-state index contributed by atoms with van der Waals surface area (Å²) in [5.74, 6) is -4.09. The van der Waals surface area contributed by atoms with Crippen LogP contribution in [0, 0.1) is 23.5 Å². The standard InChI is InChI=1S/C22H29F2N5O2/c1-13(2)22(21(26)31,29(3)4)16(9-14-5-7-17(23)18(24)10-14)20(30)28-12-15-6-8-19(25)27-11-15/h5-8,10-11,13,16H,9,12H2,1-4H3,(H2,25,27)(H2,26,31)(H,28,30)/t16-,22?/m1/s1. The van der Waals surface area contributed by atoms with Crippen molar-refractivity contribution in [2.75, 3.05) is 19.8 Å². The van der Waals surface area contributed by atoms with Crippen LogP contribution >= 0.6 is 0 Å². The highest BCUT2D eigenvalue weighted by molar-refractivity contribution is 5.93. The van der Waals surface area contributed by atoms with Crippen LogP contribution in [0.1, 0.15) is 25.0 Å². The summed E-state index contributed by atoms with van der Waals surface area (Å²) in [6.07, 6.45) is 1.53. The number of carbonyl (C=O) groups excluding carboxylic acids is 2. The molecule has 9 heteroatoms. The van der Waals surface area contributed by atoms with E-state index < -0.39 is 34.9 Å². The van der Waals surface area contributed by atoms with Crippen molar-refractivity contribution < 1.29 is 18.4 Å². The van der Waals surface area contributed by atoms with Gasteiger partial charge in [-0.3, -0.25) is 14.5 Å². The minimum atomic E-state index is -1.37. The smallest absolute Gasteiger partial charge is 0.239 e. The molecule has 0 aliphatic rings. The maximum absolute atomic E-state index is 13.8. The zero-order chi connectivity index (χ0) is 23.3. The first-order chi connectivity index (χ1) is 14.5. The number of nitrogen functional groups attached to an aromatic ring is 1. The maximum atomic E-state index is 13.8. The highest BCUT2D eigenvalue weighted by atomic mass is 19.2. The predicted octanol–water partition coefficient (Wildman–Crippen LogP) is 1.86. The van der Waals surface area contributed by atoms with E-state index in [1.807, 2.05) is 0 Å². The van der Waals surface area contributed by atoms with Gasteiger partial charge >= 0.3 is 0 Å². The summed E-state index contributed by atoms with van der Waals surface area (Å²) in [6.45, 7) is 3.74. The van der Waals surface area contributed by atoms with E-state index in [0.717, 1.165) is 12.1 Å². The number of aromatic nitrogens is 1. The number of pyridine rings is 1. The summed E-state index contributed by atoms with van der Waals surface area (Å²) in [5.41, 5.74) is 11.1. The first-order valence-electron chi connectivity index (χ1n) is 9.89. The fraction of sp³-hybridized carbons (Fsp3) is 0.409. The van der Waals surface area contributed by atoms with Crippen LogP contribution in [0.4, 0.5) is 14.6 Å². The molecule has 2 aromatic rings. The Morgan fingerprint density at radius 1 is 1.13 bits per heavy atom. The van der Waals surface area contributed by atoms with Gasteiger partial charge in [0, 0.05) is 12.7 Å². The molecular weight excluding hydrogens is 404 g/mol. The van der Waals surface area contributed by atoms with Crippen LogP contribution in [0.2, 0.25) is 0 Å². The molecule has 2 amide bonds. The Hall–Kier alpha value is -3.07. The largest absolute Gasteiger partial charge is 0.384 e. The molecule has 0 saturated carbocycles. The molecule has 1 heterocycles. The van der Waals surface area contributed by atoms with E-state index >= 15 is 0 Å². The topological polar surface area (TPSA) is 114 Å². The lowest BCUT2D eigenvalue weighted by Crippen LogP contribution is -2.66. The zero-order valence-corrected chi connectivity index (χ0v) is 18.2. The molecule has 0 bridgehead atoms. The molecule has 1 aromatic heterocycles. The van der Waals surface area contributed by atoms with Gasteiger partial charge in [0.15, 0.2) is 11.6 Å². The van der Waals surface area contributed by atoms with Gasteiger partial charge in [-0.2, -0.15) is 0 Å². The van der Waals surface area contributed by atoms with Crippen LogP contribution in [0.5, 0.6) is 0 Å². The number of halogens is 2. The molecule has 0 aliphatic carbocycles. The molecule has 0 saturated heterocycles. The average molecular weight is 434 g/mol. The molecule has 168 valence electrons. The van der Waals surface area contributed by atoms with Crippen molar-refractivity contribution in [1.82, 2.24) is 15.2 Å². The first kappa shape index (κ1) is 24.2. The van der Waals surface area contributed by atoms with Gasteiger partial charge in [-0.05, 0) is 55.8 Å². The quantitative estimate of drug-likeness (QED) is 0.559. The molecule has 1 aromatic carbocycles. The molecule has 2 rings (SSSR count). The highest BCUT2D eigenvalue weighted by Gasteiger charge is 2.52. The second-order valence-corrected chi connectivity index (χ2v) is 8.05. The number of nitrogens with two attached hydrogens (primary N) is 2. The number of nitrogens with one attached hydrogen (secondary N) is 1. The molecule has 31 heavy (non-hydrogen) atoms. The van der Waals surface area contributed by atoms with Crippen molar-refractivity contribution in [3.8, 4) is 0 Å². The first-order valence-corrected chi connectivity index (χ1v) is 9.89. The number of benzene rings is 1. The summed E-state index contributed by atoms with van der Waals surface area (Å²) in [6, 6.07) is 6.76. The lowest BCUT2D eigenvalue weighted by molar-refractivity contribution is -0.145. The molecule has 0 fully saturated rings. The zero-order valence-electron chi connectivity index (χ0n) is 18.2. The summed E-state index contributed by atoms with van der Waals surface area (Å²) in [7, 11) is 3.33. The normalized spacial score (nSPS) is 14.3. The Bertz CT molecular complexity index is 924. The van der Waals surface area contributed by atoms with Gasteiger partial charge in [-0.15, -0.1) is 0 Å². The van der Waals surface area contributed by atoms with E-state index in [1.54, 1.807) is 45.0 Å². The van der Waals surface area contributed by atoms with E-state index in [2.05, 4.69) is 10.3 Å². The monoisotopic (exact) mass is 433 g/mol. The fourth-order valence-corrected chi connectivity index (χ4v) is 4.11. The Labute approximate surface area is 180 Å². The van der Waals surface area contributed by atoms with E-state index in [9.17, 15) is 18.4 Å². The van der Waals surface area contributed by atoms with Gasteiger partial charge in [0.1, 0.15) is 11.4 Å². The van der Waals surface area contributed by atoms with Crippen LogP contribution in [0.15, 0.2) is 36.5 Å². The van der Waals surface area contributed by atoms with Crippen LogP contribution in [0.25, 0.3) is 0 Å². The van der Waals surface area contributed by atoms with Crippen molar-refractivity contribution in [1.29, 1.82) is 0 Å². The highest BCUT2D eigenvalue weighted by Crippen LogP contribution is 2.34. The minimum absolute atomic E-state index is 0.0116. The molecule has 0 spiro atoms. The van der Waals surface area contributed by atoms with E-state index in [4.69, 9.17) is 11.5 Å². The number of hydrogen-bond donors (Lipinski definition) is 3. The van der Waals surface area contributed by atoms with E-state index in [1.165, 1.54) is 12.3 Å². The SMILES string of the molecule is CC(C)C(C(N)=O)([C@H](Cc1ccc(F)c(F)c1)C(=O)NCc1ccc(N)nc1)N(C)C. The summed E-state index contributed by atoms with van der Waals surface area (Å²) in [4.78, 5) is 31.7. The van der Waals surface area contributed by atoms with Gasteiger partial charge in [0.2, 0.25) is 11.8 Å².